The third-order valence-electron chi connectivity index (χ3n) is 3.81. The van der Waals surface area contributed by atoms with Gasteiger partial charge in [0.1, 0.15) is 11.5 Å². The van der Waals surface area contributed by atoms with Gasteiger partial charge in [0.15, 0.2) is 0 Å². The van der Waals surface area contributed by atoms with Gasteiger partial charge in [0.2, 0.25) is 0 Å². The molecule has 0 aliphatic rings. The number of halogens is 2. The average molecular weight is 488 g/mol. The molecule has 3 rings (SSSR count). The Balaban J connectivity index is 1.80. The molecule has 0 aromatic heterocycles. The van der Waals surface area contributed by atoms with E-state index in [-0.39, 0.29) is 11.5 Å². The van der Waals surface area contributed by atoms with Gasteiger partial charge in [-0.3, -0.25) is 9.98 Å². The maximum Gasteiger partial charge on any atom is 0.124 e. The van der Waals surface area contributed by atoms with Crippen LogP contribution in [0.15, 0.2) is 79.6 Å². The smallest absolute Gasteiger partial charge is 0.124 e. The number of benzene rings is 3. The quantitative estimate of drug-likeness (QED) is 0.434. The van der Waals surface area contributed by atoms with Crippen molar-refractivity contribution in [3.05, 3.63) is 86.3 Å². The summed E-state index contributed by atoms with van der Waals surface area (Å²) in [6, 6.07) is 18.1. The Kier molecular flexibility index (Phi) is 6.42. The van der Waals surface area contributed by atoms with Crippen molar-refractivity contribution < 1.29 is 10.2 Å². The topological polar surface area (TPSA) is 65.2 Å². The molecule has 3 aromatic rings. The van der Waals surface area contributed by atoms with Crippen molar-refractivity contribution in [2.45, 2.75) is 6.54 Å². The van der Waals surface area contributed by atoms with Gasteiger partial charge in [-0.15, -0.1) is 0 Å². The van der Waals surface area contributed by atoms with Crippen LogP contribution in [0.25, 0.3) is 0 Å². The number of aliphatic imine (C=N–C) groups is 2. The van der Waals surface area contributed by atoms with E-state index in [1.54, 1.807) is 48.8 Å². The molecular weight excluding hydrogens is 472 g/mol. The van der Waals surface area contributed by atoms with Crippen LogP contribution in [-0.4, -0.2) is 22.6 Å². The summed E-state index contributed by atoms with van der Waals surface area (Å²) < 4.78 is 1.74. The monoisotopic (exact) mass is 486 g/mol. The van der Waals surface area contributed by atoms with Crippen LogP contribution in [0.3, 0.4) is 0 Å². The maximum absolute atomic E-state index is 9.94. The number of nitrogens with zero attached hydrogens (tertiary/aromatic N) is 2. The fourth-order valence-electron chi connectivity index (χ4n) is 2.41. The first-order valence-corrected chi connectivity index (χ1v) is 9.70. The predicted octanol–water partition coefficient (Wildman–Crippen LogP) is 5.99. The second-order valence-electron chi connectivity index (χ2n) is 5.76. The van der Waals surface area contributed by atoms with Crippen molar-refractivity contribution in [3.63, 3.8) is 0 Å². The molecule has 0 fully saturated rings. The second kappa shape index (κ2) is 8.97. The van der Waals surface area contributed by atoms with E-state index in [4.69, 9.17) is 0 Å². The zero-order chi connectivity index (χ0) is 19.2. The molecule has 0 aliphatic heterocycles. The second-order valence-corrected chi connectivity index (χ2v) is 7.59. The molecule has 0 radical (unpaired) electrons. The molecular formula is C21H16Br2N2O2. The third kappa shape index (κ3) is 5.28. The van der Waals surface area contributed by atoms with Crippen molar-refractivity contribution in [2.24, 2.45) is 9.98 Å². The standard InChI is InChI=1S/C21H16Br2N2O2/c22-17-5-7-20(26)15(9-17)12-24-11-14-3-1-2-4-19(14)25-13-16-10-18(23)6-8-21(16)27/h1-10,12-13,26-27H,11H2. The van der Waals surface area contributed by atoms with Crippen LogP contribution in [0.2, 0.25) is 0 Å². The van der Waals surface area contributed by atoms with Crippen LogP contribution in [0.5, 0.6) is 11.5 Å². The van der Waals surface area contributed by atoms with Crippen LogP contribution >= 0.6 is 31.9 Å². The first-order chi connectivity index (χ1) is 13.0. The van der Waals surface area contributed by atoms with Crippen molar-refractivity contribution >= 4 is 50.0 Å². The highest BCUT2D eigenvalue weighted by Crippen LogP contribution is 2.24. The summed E-state index contributed by atoms with van der Waals surface area (Å²) in [5, 5.41) is 19.8. The Hall–Kier alpha value is -2.44. The number of para-hydroxylation sites is 1. The van der Waals surface area contributed by atoms with E-state index < -0.39 is 0 Å². The van der Waals surface area contributed by atoms with Crippen molar-refractivity contribution in [1.29, 1.82) is 0 Å². The third-order valence-corrected chi connectivity index (χ3v) is 4.79. The first kappa shape index (κ1) is 19.3. The minimum atomic E-state index is 0.169. The lowest BCUT2D eigenvalue weighted by Crippen LogP contribution is -1.88. The number of aromatic hydroxyl groups is 2. The van der Waals surface area contributed by atoms with Gasteiger partial charge in [0, 0.05) is 32.5 Å². The van der Waals surface area contributed by atoms with Gasteiger partial charge < -0.3 is 10.2 Å². The molecule has 6 heteroatoms. The lowest BCUT2D eigenvalue weighted by Gasteiger charge is -2.04. The number of phenolic OH excluding ortho intramolecular Hbond substituents is 2. The van der Waals surface area contributed by atoms with Crippen molar-refractivity contribution in [2.75, 3.05) is 0 Å². The van der Waals surface area contributed by atoms with E-state index in [1.807, 2.05) is 24.3 Å². The maximum atomic E-state index is 9.94. The molecule has 0 amide bonds. The van der Waals surface area contributed by atoms with Gasteiger partial charge in [-0.2, -0.15) is 0 Å². The molecule has 0 bridgehead atoms. The molecule has 4 nitrogen and oxygen atoms in total. The fourth-order valence-corrected chi connectivity index (χ4v) is 3.17. The molecule has 0 spiro atoms. The summed E-state index contributed by atoms with van der Waals surface area (Å²) in [5.41, 5.74) is 2.98. The molecule has 3 aromatic carbocycles. The SMILES string of the molecule is Oc1ccc(Br)cc1C=NCc1ccccc1N=Cc1cc(Br)ccc1O. The summed E-state index contributed by atoms with van der Waals surface area (Å²) in [6.45, 7) is 0.421. The molecule has 0 unspecified atom stereocenters. The van der Waals surface area contributed by atoms with Gasteiger partial charge in [0.05, 0.1) is 12.2 Å². The lowest BCUT2D eigenvalue weighted by atomic mass is 10.1. The van der Waals surface area contributed by atoms with E-state index >= 15 is 0 Å². The fraction of sp³-hybridized carbons (Fsp3) is 0.0476. The van der Waals surface area contributed by atoms with Gasteiger partial charge in [0.25, 0.3) is 0 Å². The molecule has 27 heavy (non-hydrogen) atoms. The highest BCUT2D eigenvalue weighted by molar-refractivity contribution is 9.10. The normalized spacial score (nSPS) is 11.5. The number of hydrogen-bond donors (Lipinski definition) is 2. The number of phenols is 2. The van der Waals surface area contributed by atoms with Crippen LogP contribution < -0.4 is 0 Å². The van der Waals surface area contributed by atoms with Crippen LogP contribution in [0.4, 0.5) is 5.69 Å². The Morgan fingerprint density at radius 3 is 2.04 bits per heavy atom. The Labute approximate surface area is 174 Å². The number of rotatable bonds is 5. The summed E-state index contributed by atoms with van der Waals surface area (Å²) >= 11 is 6.77. The number of hydrogen-bond acceptors (Lipinski definition) is 4. The Bertz CT molecular complexity index is 1020. The van der Waals surface area contributed by atoms with Gasteiger partial charge in [-0.05, 0) is 48.0 Å². The highest BCUT2D eigenvalue weighted by atomic mass is 79.9. The molecule has 0 atom stereocenters. The molecule has 0 heterocycles. The van der Waals surface area contributed by atoms with Crippen molar-refractivity contribution in [3.8, 4) is 11.5 Å². The molecule has 0 saturated carbocycles. The minimum Gasteiger partial charge on any atom is -0.507 e. The van der Waals surface area contributed by atoms with E-state index in [0.717, 1.165) is 20.2 Å². The van der Waals surface area contributed by atoms with Crippen molar-refractivity contribution in [1.82, 2.24) is 0 Å². The van der Waals surface area contributed by atoms with Gasteiger partial charge in [-0.25, -0.2) is 0 Å². The van der Waals surface area contributed by atoms with Crippen LogP contribution in [0.1, 0.15) is 16.7 Å². The molecule has 0 aliphatic carbocycles. The predicted molar refractivity (Wildman–Crippen MR) is 117 cm³/mol. The summed E-state index contributed by atoms with van der Waals surface area (Å²) in [5.74, 6) is 0.348. The largest absolute Gasteiger partial charge is 0.507 e. The van der Waals surface area contributed by atoms with E-state index in [1.165, 1.54) is 0 Å². The Morgan fingerprint density at radius 1 is 0.778 bits per heavy atom. The molecule has 0 saturated heterocycles. The zero-order valence-electron chi connectivity index (χ0n) is 14.2. The lowest BCUT2D eigenvalue weighted by molar-refractivity contribution is 0.474. The van der Waals surface area contributed by atoms with Crippen LogP contribution in [0, 0.1) is 0 Å². The van der Waals surface area contributed by atoms with Gasteiger partial charge in [-0.1, -0.05) is 50.1 Å². The van der Waals surface area contributed by atoms with Gasteiger partial charge >= 0.3 is 0 Å². The minimum absolute atomic E-state index is 0.169. The van der Waals surface area contributed by atoms with E-state index in [9.17, 15) is 10.2 Å². The van der Waals surface area contributed by atoms with Crippen LogP contribution in [-0.2, 0) is 6.54 Å². The summed E-state index contributed by atoms with van der Waals surface area (Å²) in [4.78, 5) is 8.92. The average Bonchev–Trinajstić information content (AvgIpc) is 2.66. The Morgan fingerprint density at radius 2 is 1.37 bits per heavy atom. The zero-order valence-corrected chi connectivity index (χ0v) is 17.4. The van der Waals surface area contributed by atoms with E-state index in [0.29, 0.717) is 17.7 Å². The first-order valence-electron chi connectivity index (χ1n) is 8.12. The molecule has 136 valence electrons. The van der Waals surface area contributed by atoms with E-state index in [2.05, 4.69) is 41.8 Å². The molecule has 2 N–H and O–H groups in total. The summed E-state index contributed by atoms with van der Waals surface area (Å²) in [6.07, 6.45) is 3.27. The highest BCUT2D eigenvalue weighted by Gasteiger charge is 2.02. The summed E-state index contributed by atoms with van der Waals surface area (Å²) in [7, 11) is 0.